The molecule has 0 heterocycles. The molecule has 0 bridgehead atoms. The van der Waals surface area contributed by atoms with Crippen LogP contribution in [0.1, 0.15) is 40.1 Å². The maximum Gasteiger partial charge on any atom is 0.173 e. The predicted octanol–water partition coefficient (Wildman–Crippen LogP) is 4.81. The van der Waals surface area contributed by atoms with Gasteiger partial charge in [0.25, 0.3) is 0 Å². The SMILES string of the molecule is Cc1ccc(C(=O)CSc2ccc(C(=O)C(C)C)cc2)cc1. The molecule has 2 aromatic rings. The standard InChI is InChI=1S/C19H20O2S/c1-13(2)19(21)16-8-10-17(11-9-16)22-12-18(20)15-6-4-14(3)5-7-15/h4-11,13H,12H2,1-3H3. The highest BCUT2D eigenvalue weighted by Crippen LogP contribution is 2.21. The number of carbonyl (C=O) groups excluding carboxylic acids is 2. The molecule has 0 fully saturated rings. The summed E-state index contributed by atoms with van der Waals surface area (Å²) in [6.45, 7) is 5.79. The van der Waals surface area contributed by atoms with Crippen molar-refractivity contribution in [2.75, 3.05) is 5.75 Å². The van der Waals surface area contributed by atoms with Gasteiger partial charge in [-0.25, -0.2) is 0 Å². The fraction of sp³-hybridized carbons (Fsp3) is 0.263. The maximum atomic E-state index is 12.1. The molecular formula is C19H20O2S. The van der Waals surface area contributed by atoms with Crippen LogP contribution in [0.2, 0.25) is 0 Å². The van der Waals surface area contributed by atoms with Gasteiger partial charge in [-0.3, -0.25) is 9.59 Å². The van der Waals surface area contributed by atoms with Crippen LogP contribution in [0.4, 0.5) is 0 Å². The largest absolute Gasteiger partial charge is 0.294 e. The zero-order chi connectivity index (χ0) is 16.1. The minimum atomic E-state index is 0.00150. The molecule has 0 spiro atoms. The molecule has 0 saturated carbocycles. The molecule has 0 unspecified atom stereocenters. The van der Waals surface area contributed by atoms with E-state index in [1.165, 1.54) is 11.8 Å². The van der Waals surface area contributed by atoms with Crippen molar-refractivity contribution in [1.82, 2.24) is 0 Å². The van der Waals surface area contributed by atoms with Crippen LogP contribution >= 0.6 is 11.8 Å². The van der Waals surface area contributed by atoms with Crippen LogP contribution in [0.25, 0.3) is 0 Å². The van der Waals surface area contributed by atoms with E-state index in [0.29, 0.717) is 5.75 Å². The predicted molar refractivity (Wildman–Crippen MR) is 91.8 cm³/mol. The Morgan fingerprint density at radius 2 is 1.45 bits per heavy atom. The van der Waals surface area contributed by atoms with E-state index in [1.54, 1.807) is 0 Å². The third kappa shape index (κ3) is 4.31. The average molecular weight is 312 g/mol. The number of ketones is 2. The highest BCUT2D eigenvalue weighted by Gasteiger charge is 2.10. The van der Waals surface area contributed by atoms with Crippen molar-refractivity contribution in [1.29, 1.82) is 0 Å². The van der Waals surface area contributed by atoms with Crippen LogP contribution in [-0.2, 0) is 0 Å². The first-order chi connectivity index (χ1) is 10.5. The van der Waals surface area contributed by atoms with Crippen molar-refractivity contribution in [2.24, 2.45) is 5.92 Å². The van der Waals surface area contributed by atoms with Crippen LogP contribution in [0.15, 0.2) is 53.4 Å². The Bertz CT molecular complexity index is 655. The second kappa shape index (κ2) is 7.41. The van der Waals surface area contributed by atoms with E-state index < -0.39 is 0 Å². The molecule has 22 heavy (non-hydrogen) atoms. The first kappa shape index (κ1) is 16.5. The molecule has 2 rings (SSSR count). The van der Waals surface area contributed by atoms with E-state index in [9.17, 15) is 9.59 Å². The van der Waals surface area contributed by atoms with E-state index in [-0.39, 0.29) is 17.5 Å². The lowest BCUT2D eigenvalue weighted by atomic mass is 10.0. The fourth-order valence-corrected chi connectivity index (χ4v) is 2.81. The summed E-state index contributed by atoms with van der Waals surface area (Å²) in [5.74, 6) is 0.668. The third-order valence-electron chi connectivity index (χ3n) is 3.41. The van der Waals surface area contributed by atoms with Gasteiger partial charge >= 0.3 is 0 Å². The van der Waals surface area contributed by atoms with Crippen LogP contribution in [-0.4, -0.2) is 17.3 Å². The first-order valence-corrected chi connectivity index (χ1v) is 8.33. The summed E-state index contributed by atoms with van der Waals surface area (Å²) in [7, 11) is 0. The molecule has 0 aliphatic rings. The Morgan fingerprint density at radius 3 is 2.00 bits per heavy atom. The zero-order valence-electron chi connectivity index (χ0n) is 13.1. The van der Waals surface area contributed by atoms with Gasteiger partial charge in [0, 0.05) is 21.9 Å². The molecule has 2 aromatic carbocycles. The number of Topliss-reactive ketones (excluding diaryl/α,β-unsaturated/α-hetero) is 2. The van der Waals surface area contributed by atoms with Crippen molar-refractivity contribution >= 4 is 23.3 Å². The summed E-state index contributed by atoms with van der Waals surface area (Å²) in [5.41, 5.74) is 2.61. The minimum absolute atomic E-state index is 0.00150. The minimum Gasteiger partial charge on any atom is -0.294 e. The highest BCUT2D eigenvalue weighted by molar-refractivity contribution is 8.00. The summed E-state index contributed by atoms with van der Waals surface area (Å²) < 4.78 is 0. The molecular weight excluding hydrogens is 292 g/mol. The van der Waals surface area contributed by atoms with Crippen LogP contribution in [0.3, 0.4) is 0 Å². The molecule has 0 aliphatic heterocycles. The summed E-state index contributed by atoms with van der Waals surface area (Å²) >= 11 is 1.50. The summed E-state index contributed by atoms with van der Waals surface area (Å²) in [6.07, 6.45) is 0. The number of hydrogen-bond acceptors (Lipinski definition) is 3. The van der Waals surface area contributed by atoms with Gasteiger partial charge in [0.1, 0.15) is 0 Å². The molecule has 0 N–H and O–H groups in total. The van der Waals surface area contributed by atoms with Gasteiger partial charge in [-0.2, -0.15) is 0 Å². The smallest absolute Gasteiger partial charge is 0.173 e. The summed E-state index contributed by atoms with van der Waals surface area (Å²) in [6, 6.07) is 15.1. The van der Waals surface area contributed by atoms with E-state index in [4.69, 9.17) is 0 Å². The number of carbonyl (C=O) groups is 2. The van der Waals surface area contributed by atoms with E-state index in [0.717, 1.165) is 21.6 Å². The lowest BCUT2D eigenvalue weighted by Crippen LogP contribution is -2.07. The highest BCUT2D eigenvalue weighted by atomic mass is 32.2. The van der Waals surface area contributed by atoms with Crippen molar-refractivity contribution in [3.63, 3.8) is 0 Å². The van der Waals surface area contributed by atoms with Crippen molar-refractivity contribution < 1.29 is 9.59 Å². The van der Waals surface area contributed by atoms with Gasteiger partial charge in [-0.1, -0.05) is 55.8 Å². The topological polar surface area (TPSA) is 34.1 Å². The molecule has 2 nitrogen and oxygen atoms in total. The number of hydrogen-bond donors (Lipinski definition) is 0. The van der Waals surface area contributed by atoms with Gasteiger partial charge in [0.2, 0.25) is 0 Å². The third-order valence-corrected chi connectivity index (χ3v) is 4.42. The second-order valence-corrected chi connectivity index (χ2v) is 6.67. The fourth-order valence-electron chi connectivity index (χ4n) is 2.02. The molecule has 0 amide bonds. The Morgan fingerprint density at radius 1 is 0.909 bits per heavy atom. The monoisotopic (exact) mass is 312 g/mol. The Labute approximate surface area is 135 Å². The Hall–Kier alpha value is -1.87. The lowest BCUT2D eigenvalue weighted by Gasteiger charge is -2.06. The van der Waals surface area contributed by atoms with Gasteiger partial charge in [-0.05, 0) is 19.1 Å². The van der Waals surface area contributed by atoms with Crippen molar-refractivity contribution in [3.05, 3.63) is 65.2 Å². The molecule has 0 atom stereocenters. The van der Waals surface area contributed by atoms with Crippen molar-refractivity contribution in [2.45, 2.75) is 25.7 Å². The number of thioether (sulfide) groups is 1. The number of aryl methyl sites for hydroxylation is 1. The first-order valence-electron chi connectivity index (χ1n) is 7.34. The molecule has 0 aromatic heterocycles. The maximum absolute atomic E-state index is 12.1. The van der Waals surface area contributed by atoms with Gasteiger partial charge in [-0.15, -0.1) is 11.8 Å². The molecule has 0 aliphatic carbocycles. The van der Waals surface area contributed by atoms with Gasteiger partial charge in [0.15, 0.2) is 11.6 Å². The Kier molecular flexibility index (Phi) is 5.56. The van der Waals surface area contributed by atoms with Crippen molar-refractivity contribution in [3.8, 4) is 0 Å². The van der Waals surface area contributed by atoms with Crippen LogP contribution in [0, 0.1) is 12.8 Å². The number of benzene rings is 2. The van der Waals surface area contributed by atoms with E-state index in [2.05, 4.69) is 0 Å². The average Bonchev–Trinajstić information content (AvgIpc) is 2.53. The summed E-state index contributed by atoms with van der Waals surface area (Å²) in [4.78, 5) is 25.0. The zero-order valence-corrected chi connectivity index (χ0v) is 13.9. The molecule has 0 radical (unpaired) electrons. The normalized spacial score (nSPS) is 10.7. The second-order valence-electron chi connectivity index (χ2n) is 5.62. The molecule has 0 saturated heterocycles. The number of rotatable bonds is 6. The van der Waals surface area contributed by atoms with E-state index in [1.807, 2.05) is 69.3 Å². The van der Waals surface area contributed by atoms with Crippen LogP contribution in [0.5, 0.6) is 0 Å². The molecule has 3 heteroatoms. The van der Waals surface area contributed by atoms with Gasteiger partial charge < -0.3 is 0 Å². The Balaban J connectivity index is 1.95. The quantitative estimate of drug-likeness (QED) is 0.567. The molecule has 114 valence electrons. The van der Waals surface area contributed by atoms with Gasteiger partial charge in [0.05, 0.1) is 5.75 Å². The lowest BCUT2D eigenvalue weighted by molar-refractivity contribution is 0.0938. The van der Waals surface area contributed by atoms with E-state index >= 15 is 0 Å². The summed E-state index contributed by atoms with van der Waals surface area (Å²) in [5, 5.41) is 0. The van der Waals surface area contributed by atoms with Crippen LogP contribution < -0.4 is 0 Å².